The average molecular weight is 386 g/mol. The van der Waals surface area contributed by atoms with Crippen LogP contribution in [0.3, 0.4) is 0 Å². The van der Waals surface area contributed by atoms with Crippen molar-refractivity contribution in [1.29, 1.82) is 0 Å². The van der Waals surface area contributed by atoms with Crippen molar-refractivity contribution in [2.45, 2.75) is 26.2 Å². The van der Waals surface area contributed by atoms with Gasteiger partial charge in [0.2, 0.25) is 5.91 Å². The summed E-state index contributed by atoms with van der Waals surface area (Å²) in [5.74, 6) is 1.00. The summed E-state index contributed by atoms with van der Waals surface area (Å²) in [6.07, 6.45) is 1.34. The Morgan fingerprint density at radius 1 is 1.26 bits per heavy atom. The molecule has 6 nitrogen and oxygen atoms in total. The maximum atomic E-state index is 12.2. The minimum atomic E-state index is -0.166. The number of benzene rings is 2. The first-order valence-electron chi connectivity index (χ1n) is 8.77. The second kappa shape index (κ2) is 8.68. The molecule has 0 saturated heterocycles. The van der Waals surface area contributed by atoms with E-state index in [1.165, 1.54) is 0 Å². The summed E-state index contributed by atoms with van der Waals surface area (Å²) in [6, 6.07) is 12.3. The van der Waals surface area contributed by atoms with Crippen LogP contribution in [0.2, 0.25) is 5.02 Å². The zero-order chi connectivity index (χ0) is 19.2. The number of para-hydroxylation sites is 1. The number of aromatic amines is 1. The van der Waals surface area contributed by atoms with Gasteiger partial charge in [-0.05, 0) is 43.7 Å². The van der Waals surface area contributed by atoms with Crippen molar-refractivity contribution in [3.8, 4) is 5.75 Å². The number of rotatable bonds is 7. The Balaban J connectivity index is 1.60. The molecule has 140 valence electrons. The molecular weight excluding hydrogens is 366 g/mol. The molecule has 0 aliphatic carbocycles. The Hall–Kier alpha value is -2.86. The summed E-state index contributed by atoms with van der Waals surface area (Å²) in [5.41, 5.74) is 1.04. The second-order valence-corrected chi connectivity index (χ2v) is 6.44. The molecule has 0 atom stereocenters. The lowest BCUT2D eigenvalue weighted by atomic mass is 10.2. The molecule has 1 heterocycles. The predicted molar refractivity (Wildman–Crippen MR) is 107 cm³/mol. The molecule has 0 aliphatic heterocycles. The highest BCUT2D eigenvalue weighted by Crippen LogP contribution is 2.28. The molecule has 1 amide bonds. The number of fused-ring (bicyclic) bond motifs is 1. The molecule has 0 bridgehead atoms. The van der Waals surface area contributed by atoms with Crippen LogP contribution in [0.4, 0.5) is 5.69 Å². The van der Waals surface area contributed by atoms with E-state index >= 15 is 0 Å². The third-order valence-corrected chi connectivity index (χ3v) is 4.23. The van der Waals surface area contributed by atoms with Gasteiger partial charge >= 0.3 is 0 Å². The Morgan fingerprint density at radius 2 is 2.07 bits per heavy atom. The molecular formula is C20H20ClN3O3. The third kappa shape index (κ3) is 4.86. The zero-order valence-electron chi connectivity index (χ0n) is 14.9. The molecule has 0 saturated carbocycles. The van der Waals surface area contributed by atoms with Gasteiger partial charge in [0.15, 0.2) is 0 Å². The van der Waals surface area contributed by atoms with Crippen molar-refractivity contribution in [1.82, 2.24) is 9.97 Å². The lowest BCUT2D eigenvalue weighted by Crippen LogP contribution is -2.14. The molecule has 3 aromatic rings. The van der Waals surface area contributed by atoms with Crippen LogP contribution in [-0.2, 0) is 11.2 Å². The standard InChI is InChI=1S/C20H20ClN3O3/c1-2-27-17-11-10-13(21)12-16(17)23-19(25)9-5-8-18-22-15-7-4-3-6-14(15)20(26)24-18/h3-4,6-7,10-12H,2,5,8-9H2,1H3,(H,23,25)(H,22,24,26). The number of ether oxygens (including phenoxy) is 1. The van der Waals surface area contributed by atoms with Crippen LogP contribution in [-0.4, -0.2) is 22.5 Å². The summed E-state index contributed by atoms with van der Waals surface area (Å²) in [5, 5.41) is 3.90. The maximum Gasteiger partial charge on any atom is 0.258 e. The normalized spacial score (nSPS) is 10.7. The van der Waals surface area contributed by atoms with Crippen LogP contribution < -0.4 is 15.6 Å². The minimum Gasteiger partial charge on any atom is -0.492 e. The predicted octanol–water partition coefficient (Wildman–Crippen LogP) is 3.94. The average Bonchev–Trinajstić information content (AvgIpc) is 2.64. The number of aryl methyl sites for hydroxylation is 1. The van der Waals surface area contributed by atoms with Crippen LogP contribution in [0.1, 0.15) is 25.6 Å². The molecule has 0 fully saturated rings. The number of aromatic nitrogens is 2. The van der Waals surface area contributed by atoms with E-state index in [0.717, 1.165) is 0 Å². The molecule has 1 aromatic heterocycles. The summed E-state index contributed by atoms with van der Waals surface area (Å²) in [6.45, 7) is 2.36. The van der Waals surface area contributed by atoms with Gasteiger partial charge in [0.25, 0.3) is 5.56 Å². The number of H-pyrrole nitrogens is 1. The summed E-state index contributed by atoms with van der Waals surface area (Å²) in [7, 11) is 0. The van der Waals surface area contributed by atoms with Gasteiger partial charge in [-0.15, -0.1) is 0 Å². The number of nitrogens with zero attached hydrogens (tertiary/aromatic N) is 1. The van der Waals surface area contributed by atoms with Crippen molar-refractivity contribution in [2.75, 3.05) is 11.9 Å². The zero-order valence-corrected chi connectivity index (χ0v) is 15.7. The first-order chi connectivity index (χ1) is 13.1. The monoisotopic (exact) mass is 385 g/mol. The van der Waals surface area contributed by atoms with Crippen LogP contribution >= 0.6 is 11.6 Å². The van der Waals surface area contributed by atoms with Crippen molar-refractivity contribution in [2.24, 2.45) is 0 Å². The third-order valence-electron chi connectivity index (χ3n) is 3.99. The van der Waals surface area contributed by atoms with Crippen LogP contribution in [0.25, 0.3) is 10.9 Å². The fourth-order valence-electron chi connectivity index (χ4n) is 2.76. The lowest BCUT2D eigenvalue weighted by molar-refractivity contribution is -0.116. The van der Waals surface area contributed by atoms with Crippen LogP contribution in [0.5, 0.6) is 5.75 Å². The smallest absolute Gasteiger partial charge is 0.258 e. The second-order valence-electron chi connectivity index (χ2n) is 6.00. The number of amides is 1. The van der Waals surface area contributed by atoms with Crippen LogP contribution in [0, 0.1) is 0 Å². The Bertz CT molecular complexity index is 1020. The molecule has 0 aliphatic rings. The highest BCUT2D eigenvalue weighted by atomic mass is 35.5. The first-order valence-corrected chi connectivity index (χ1v) is 9.14. The largest absolute Gasteiger partial charge is 0.492 e. The van der Waals surface area contributed by atoms with Gasteiger partial charge in [-0.3, -0.25) is 9.59 Å². The quantitative estimate of drug-likeness (QED) is 0.645. The van der Waals surface area contributed by atoms with Gasteiger partial charge in [0.05, 0.1) is 23.2 Å². The van der Waals surface area contributed by atoms with Gasteiger partial charge in [-0.25, -0.2) is 4.98 Å². The van der Waals surface area contributed by atoms with Gasteiger partial charge in [-0.2, -0.15) is 0 Å². The van der Waals surface area contributed by atoms with Crippen molar-refractivity contribution in [3.05, 3.63) is 63.7 Å². The fraction of sp³-hybridized carbons (Fsp3) is 0.250. The number of carbonyl (C=O) groups excluding carboxylic acids is 1. The van der Waals surface area contributed by atoms with E-state index in [2.05, 4.69) is 15.3 Å². The molecule has 7 heteroatoms. The molecule has 0 spiro atoms. The van der Waals surface area contributed by atoms with E-state index in [4.69, 9.17) is 16.3 Å². The molecule has 3 rings (SSSR count). The van der Waals surface area contributed by atoms with E-state index in [0.29, 0.717) is 52.6 Å². The van der Waals surface area contributed by atoms with E-state index in [1.54, 1.807) is 36.4 Å². The number of anilines is 1. The molecule has 0 radical (unpaired) electrons. The van der Waals surface area contributed by atoms with Gasteiger partial charge < -0.3 is 15.0 Å². The Kier molecular flexibility index (Phi) is 6.08. The van der Waals surface area contributed by atoms with E-state index in [-0.39, 0.29) is 17.9 Å². The number of hydrogen-bond acceptors (Lipinski definition) is 4. The molecule has 2 aromatic carbocycles. The molecule has 2 N–H and O–H groups in total. The Labute approximate surface area is 161 Å². The number of nitrogens with one attached hydrogen (secondary N) is 2. The van der Waals surface area contributed by atoms with Gasteiger partial charge in [0, 0.05) is 17.9 Å². The minimum absolute atomic E-state index is 0.152. The maximum absolute atomic E-state index is 12.2. The van der Waals surface area contributed by atoms with E-state index in [1.807, 2.05) is 13.0 Å². The number of halogens is 1. The summed E-state index contributed by atoms with van der Waals surface area (Å²) < 4.78 is 5.50. The Morgan fingerprint density at radius 3 is 2.89 bits per heavy atom. The summed E-state index contributed by atoms with van der Waals surface area (Å²) in [4.78, 5) is 31.5. The fourth-order valence-corrected chi connectivity index (χ4v) is 2.94. The SMILES string of the molecule is CCOc1ccc(Cl)cc1NC(=O)CCCc1nc2ccccc2c(=O)[nH]1. The highest BCUT2D eigenvalue weighted by molar-refractivity contribution is 6.31. The highest BCUT2D eigenvalue weighted by Gasteiger charge is 2.10. The van der Waals surface area contributed by atoms with Crippen LogP contribution in [0.15, 0.2) is 47.3 Å². The van der Waals surface area contributed by atoms with Crippen molar-refractivity contribution >= 4 is 34.1 Å². The van der Waals surface area contributed by atoms with Gasteiger partial charge in [0.1, 0.15) is 11.6 Å². The topological polar surface area (TPSA) is 84.1 Å². The van der Waals surface area contributed by atoms with Crippen molar-refractivity contribution < 1.29 is 9.53 Å². The van der Waals surface area contributed by atoms with E-state index < -0.39 is 0 Å². The molecule has 27 heavy (non-hydrogen) atoms. The lowest BCUT2D eigenvalue weighted by Gasteiger charge is -2.12. The van der Waals surface area contributed by atoms with E-state index in [9.17, 15) is 9.59 Å². The van der Waals surface area contributed by atoms with Crippen molar-refractivity contribution in [3.63, 3.8) is 0 Å². The number of hydrogen-bond donors (Lipinski definition) is 2. The first kappa shape index (κ1) is 18.9. The van der Waals surface area contributed by atoms with Gasteiger partial charge in [-0.1, -0.05) is 23.7 Å². The molecule has 0 unspecified atom stereocenters. The summed E-state index contributed by atoms with van der Waals surface area (Å²) >= 11 is 6.00. The number of carbonyl (C=O) groups is 1.